The van der Waals surface area contributed by atoms with Crippen LogP contribution in [0.3, 0.4) is 0 Å². The molecule has 0 aliphatic rings. The van der Waals surface area contributed by atoms with Gasteiger partial charge in [0.2, 0.25) is 5.78 Å². The number of benzene rings is 2. The molecule has 0 aliphatic heterocycles. The van der Waals surface area contributed by atoms with Gasteiger partial charge in [-0.05, 0) is 17.5 Å². The van der Waals surface area contributed by atoms with E-state index in [1.807, 2.05) is 0 Å². The Morgan fingerprint density at radius 2 is 1.74 bits per heavy atom. The first-order valence-corrected chi connectivity index (χ1v) is 8.42. The van der Waals surface area contributed by atoms with Crippen LogP contribution in [-0.2, 0) is 13.8 Å². The summed E-state index contributed by atoms with van der Waals surface area (Å²) >= 11 is 0. The number of Topliss-reactive ketones (excluding diaryl/α,β-unsaturated/α-hetero) is 2. The van der Waals surface area contributed by atoms with E-state index in [4.69, 9.17) is 10.7 Å². The van der Waals surface area contributed by atoms with Gasteiger partial charge in [0.05, 0.1) is 11.3 Å². The quantitative estimate of drug-likeness (QED) is 0.473. The van der Waals surface area contributed by atoms with Gasteiger partial charge < -0.3 is 0 Å². The van der Waals surface area contributed by atoms with E-state index in [2.05, 4.69) is 0 Å². The zero-order valence-electron chi connectivity index (χ0n) is 11.2. The number of fused-ring (bicyclic) bond motifs is 1. The predicted molar refractivity (Wildman–Crippen MR) is 77.0 cm³/mol. The summed E-state index contributed by atoms with van der Waals surface area (Å²) in [4.78, 5) is 22.4. The first kappa shape index (κ1) is 17.4. The van der Waals surface area contributed by atoms with E-state index in [-0.39, 0.29) is 15.8 Å². The molecule has 0 aliphatic carbocycles. The highest BCUT2D eigenvalue weighted by atomic mass is 35.7. The van der Waals surface area contributed by atoms with Gasteiger partial charge >= 0.3 is 6.18 Å². The minimum atomic E-state index is -5.08. The van der Waals surface area contributed by atoms with E-state index in [9.17, 15) is 31.2 Å². The van der Waals surface area contributed by atoms with Crippen LogP contribution in [0.5, 0.6) is 0 Å². The van der Waals surface area contributed by atoms with Gasteiger partial charge in [-0.2, -0.15) is 13.2 Å². The number of alkyl halides is 3. The fourth-order valence-corrected chi connectivity index (χ4v) is 3.08. The molecule has 0 bridgehead atoms. The van der Waals surface area contributed by atoms with Crippen LogP contribution in [0.4, 0.5) is 13.2 Å². The largest absolute Gasteiger partial charge is 0.450 e. The highest BCUT2D eigenvalue weighted by Crippen LogP contribution is 2.27. The van der Waals surface area contributed by atoms with Crippen molar-refractivity contribution < 1.29 is 31.2 Å². The van der Waals surface area contributed by atoms with Crippen molar-refractivity contribution in [1.29, 1.82) is 0 Å². The van der Waals surface area contributed by atoms with Crippen LogP contribution in [0.2, 0.25) is 0 Å². The second-order valence-electron chi connectivity index (χ2n) is 4.65. The van der Waals surface area contributed by atoms with Crippen molar-refractivity contribution in [3.63, 3.8) is 0 Å². The van der Waals surface area contributed by atoms with Crippen LogP contribution in [-0.4, -0.2) is 26.2 Å². The molecule has 9 heteroatoms. The van der Waals surface area contributed by atoms with Crippen molar-refractivity contribution in [2.45, 2.75) is 17.5 Å². The number of hydrogen-bond donors (Lipinski definition) is 0. The first-order valence-electron chi connectivity index (χ1n) is 6.11. The van der Waals surface area contributed by atoms with Crippen LogP contribution < -0.4 is 0 Å². The van der Waals surface area contributed by atoms with E-state index in [0.29, 0.717) is 5.39 Å². The van der Waals surface area contributed by atoms with Crippen molar-refractivity contribution in [3.8, 4) is 0 Å². The first-order chi connectivity index (χ1) is 10.5. The molecule has 0 saturated heterocycles. The Balaban J connectivity index is 2.42. The van der Waals surface area contributed by atoms with Gasteiger partial charge in [-0.25, -0.2) is 8.42 Å². The molecule has 0 N–H and O–H groups in total. The molecule has 0 radical (unpaired) electrons. The molecule has 0 unspecified atom stereocenters. The maximum absolute atomic E-state index is 12.2. The summed E-state index contributed by atoms with van der Waals surface area (Å²) in [5.41, 5.74) is -0.126. The summed E-state index contributed by atoms with van der Waals surface area (Å²) in [5.74, 6) is -3.15. The van der Waals surface area contributed by atoms with E-state index >= 15 is 0 Å². The number of rotatable bonds is 4. The summed E-state index contributed by atoms with van der Waals surface area (Å²) in [7, 11) is 1.28. The smallest absolute Gasteiger partial charge is 0.294 e. The van der Waals surface area contributed by atoms with Crippen LogP contribution >= 0.6 is 10.7 Å². The lowest BCUT2D eigenvalue weighted by Crippen LogP contribution is -2.25. The Morgan fingerprint density at radius 1 is 1.09 bits per heavy atom. The van der Waals surface area contributed by atoms with Crippen LogP contribution in [0.1, 0.15) is 16.8 Å². The Hall–Kier alpha value is -1.93. The number of carbonyl (C=O) groups is 2. The van der Waals surface area contributed by atoms with Crippen LogP contribution in [0.25, 0.3) is 10.8 Å². The minimum Gasteiger partial charge on any atom is -0.294 e. The van der Waals surface area contributed by atoms with Crippen LogP contribution in [0.15, 0.2) is 41.3 Å². The third-order valence-corrected chi connectivity index (χ3v) is 4.44. The predicted octanol–water partition coefficient (Wildman–Crippen LogP) is 3.47. The molecule has 23 heavy (non-hydrogen) atoms. The zero-order valence-corrected chi connectivity index (χ0v) is 12.8. The SMILES string of the molecule is O=C(CC(=O)C(F)(F)F)c1ccc2c(S(=O)(=O)Cl)cccc2c1. The maximum Gasteiger partial charge on any atom is 0.450 e. The lowest BCUT2D eigenvalue weighted by atomic mass is 10.0. The summed E-state index contributed by atoms with van der Waals surface area (Å²) in [6.07, 6.45) is -6.38. The van der Waals surface area contributed by atoms with E-state index in [0.717, 1.165) is 6.07 Å². The molecule has 0 saturated carbocycles. The Bertz CT molecular complexity index is 904. The second-order valence-corrected chi connectivity index (χ2v) is 7.19. The van der Waals surface area contributed by atoms with Gasteiger partial charge in [0, 0.05) is 21.6 Å². The molecular weight excluding hydrogens is 357 g/mol. The normalized spacial score (nSPS) is 12.3. The fraction of sp³-hybridized carbons (Fsp3) is 0.143. The standard InChI is InChI=1S/C14H8ClF3O4S/c15-23(21,22)12-3-1-2-8-6-9(4-5-10(8)12)11(19)7-13(20)14(16,17)18/h1-6H,7H2. The molecule has 122 valence electrons. The summed E-state index contributed by atoms with van der Waals surface area (Å²) in [6, 6.07) is 7.75. The van der Waals surface area contributed by atoms with Gasteiger partial charge in [-0.15, -0.1) is 0 Å². The monoisotopic (exact) mass is 364 g/mol. The third-order valence-electron chi connectivity index (χ3n) is 3.06. The highest BCUT2D eigenvalue weighted by Gasteiger charge is 2.39. The summed E-state index contributed by atoms with van der Waals surface area (Å²) < 4.78 is 59.4. The molecule has 2 aromatic rings. The third kappa shape index (κ3) is 3.89. The zero-order chi connectivity index (χ0) is 17.4. The molecule has 2 aromatic carbocycles. The summed E-state index contributed by atoms with van der Waals surface area (Å²) in [5, 5.41) is 0.526. The van der Waals surface area contributed by atoms with E-state index in [1.54, 1.807) is 0 Å². The van der Waals surface area contributed by atoms with Crippen LogP contribution in [0, 0.1) is 0 Å². The van der Waals surface area contributed by atoms with Crippen molar-refractivity contribution in [3.05, 3.63) is 42.0 Å². The van der Waals surface area contributed by atoms with Gasteiger partial charge in [0.1, 0.15) is 0 Å². The lowest BCUT2D eigenvalue weighted by Gasteiger charge is -2.07. The van der Waals surface area contributed by atoms with Gasteiger partial charge in [0.25, 0.3) is 9.05 Å². The molecule has 0 amide bonds. The van der Waals surface area contributed by atoms with Gasteiger partial charge in [0.15, 0.2) is 5.78 Å². The number of carbonyl (C=O) groups excluding carboxylic acids is 2. The Labute approximate surface area is 133 Å². The van der Waals surface area contributed by atoms with Gasteiger partial charge in [-0.3, -0.25) is 9.59 Å². The maximum atomic E-state index is 12.2. The van der Waals surface area contributed by atoms with E-state index < -0.39 is 33.2 Å². The van der Waals surface area contributed by atoms with E-state index in [1.165, 1.54) is 30.3 Å². The Morgan fingerprint density at radius 3 is 2.30 bits per heavy atom. The molecule has 0 fully saturated rings. The molecular formula is C14H8ClF3O4S. The van der Waals surface area contributed by atoms with Crippen molar-refractivity contribution in [2.24, 2.45) is 0 Å². The number of ketones is 2. The molecule has 4 nitrogen and oxygen atoms in total. The lowest BCUT2D eigenvalue weighted by molar-refractivity contribution is -0.170. The molecule has 0 heterocycles. The average Bonchev–Trinajstić information content (AvgIpc) is 2.43. The van der Waals surface area contributed by atoms with Crippen molar-refractivity contribution >= 4 is 42.1 Å². The average molecular weight is 365 g/mol. The van der Waals surface area contributed by atoms with Crippen molar-refractivity contribution in [1.82, 2.24) is 0 Å². The molecule has 0 atom stereocenters. The summed E-state index contributed by atoms with van der Waals surface area (Å²) in [6.45, 7) is 0. The van der Waals surface area contributed by atoms with Gasteiger partial charge in [-0.1, -0.05) is 24.3 Å². The molecule has 0 spiro atoms. The number of halogens is 4. The Kier molecular flexibility index (Phi) is 4.50. The topological polar surface area (TPSA) is 68.3 Å². The van der Waals surface area contributed by atoms with Crippen molar-refractivity contribution in [2.75, 3.05) is 0 Å². The molecule has 2 rings (SSSR count). The fourth-order valence-electron chi connectivity index (χ4n) is 1.99. The second kappa shape index (κ2) is 5.93. The minimum absolute atomic E-state index is 0.126. The number of hydrogen-bond acceptors (Lipinski definition) is 4. The molecule has 0 aromatic heterocycles. The highest BCUT2D eigenvalue weighted by molar-refractivity contribution is 8.14.